The molecule has 1 aliphatic rings. The third kappa shape index (κ3) is 4.71. The van der Waals surface area contributed by atoms with Crippen LogP contribution in [0.1, 0.15) is 30.9 Å². The number of carbonyl (C=O) groups is 2. The largest absolute Gasteiger partial charge is 0.484 e. The van der Waals surface area contributed by atoms with Gasteiger partial charge in [-0.05, 0) is 31.9 Å². The normalized spacial score (nSPS) is 15.3. The Kier molecular flexibility index (Phi) is 6.02. The Labute approximate surface area is 138 Å². The van der Waals surface area contributed by atoms with E-state index in [2.05, 4.69) is 0 Å². The van der Waals surface area contributed by atoms with Crippen LogP contribution in [0.25, 0.3) is 0 Å². The van der Waals surface area contributed by atoms with Crippen molar-refractivity contribution in [3.8, 4) is 5.75 Å². The Morgan fingerprint density at radius 1 is 1.04 bits per heavy atom. The molecule has 126 valence electrons. The van der Waals surface area contributed by atoms with Gasteiger partial charge in [-0.15, -0.1) is 0 Å². The summed E-state index contributed by atoms with van der Waals surface area (Å²) < 4.78 is 5.67. The van der Waals surface area contributed by atoms with E-state index in [0.29, 0.717) is 26.1 Å². The van der Waals surface area contributed by atoms with Crippen molar-refractivity contribution in [1.29, 1.82) is 0 Å². The van der Waals surface area contributed by atoms with E-state index in [1.54, 1.807) is 4.90 Å². The first-order chi connectivity index (χ1) is 11.0. The smallest absolute Gasteiger partial charge is 0.260 e. The molecule has 0 saturated carbocycles. The zero-order valence-corrected chi connectivity index (χ0v) is 14.3. The topological polar surface area (TPSA) is 49.9 Å². The van der Waals surface area contributed by atoms with Gasteiger partial charge in [0.1, 0.15) is 5.75 Å². The molecule has 0 N–H and O–H groups in total. The van der Waals surface area contributed by atoms with Gasteiger partial charge in [0.05, 0.1) is 0 Å². The summed E-state index contributed by atoms with van der Waals surface area (Å²) in [6, 6.07) is 5.93. The highest BCUT2D eigenvalue weighted by Crippen LogP contribution is 2.18. The Balaban J connectivity index is 1.87. The summed E-state index contributed by atoms with van der Waals surface area (Å²) in [6.45, 7) is 8.54. The van der Waals surface area contributed by atoms with Crippen molar-refractivity contribution in [3.63, 3.8) is 0 Å². The van der Waals surface area contributed by atoms with Crippen molar-refractivity contribution in [2.75, 3.05) is 32.8 Å². The highest BCUT2D eigenvalue weighted by atomic mass is 16.5. The summed E-state index contributed by atoms with van der Waals surface area (Å²) in [5, 5.41) is 0. The Bertz CT molecular complexity index is 571. The Hall–Kier alpha value is -2.04. The van der Waals surface area contributed by atoms with E-state index < -0.39 is 0 Å². The van der Waals surface area contributed by atoms with Crippen molar-refractivity contribution < 1.29 is 14.3 Å². The number of ether oxygens (including phenoxy) is 1. The molecule has 23 heavy (non-hydrogen) atoms. The van der Waals surface area contributed by atoms with E-state index in [9.17, 15) is 9.59 Å². The average molecular weight is 318 g/mol. The molecule has 0 radical (unpaired) electrons. The molecule has 2 amide bonds. The van der Waals surface area contributed by atoms with Gasteiger partial charge in [0.2, 0.25) is 5.91 Å². The van der Waals surface area contributed by atoms with E-state index in [0.717, 1.165) is 24.3 Å². The van der Waals surface area contributed by atoms with Gasteiger partial charge < -0.3 is 14.5 Å². The van der Waals surface area contributed by atoms with Crippen molar-refractivity contribution in [3.05, 3.63) is 29.3 Å². The number of benzene rings is 1. The SMILES string of the molecule is CCC(=O)N1CCCN(C(=O)COc2ccc(C)cc2C)CC1. The van der Waals surface area contributed by atoms with Crippen LogP contribution in [-0.2, 0) is 9.59 Å². The lowest BCUT2D eigenvalue weighted by molar-refractivity contribution is -0.134. The number of aryl methyl sites for hydroxylation is 2. The van der Waals surface area contributed by atoms with Crippen LogP contribution in [0.3, 0.4) is 0 Å². The van der Waals surface area contributed by atoms with Crippen molar-refractivity contribution in [1.82, 2.24) is 9.80 Å². The molecule has 1 saturated heterocycles. The molecule has 0 spiro atoms. The summed E-state index contributed by atoms with van der Waals surface area (Å²) in [4.78, 5) is 27.8. The van der Waals surface area contributed by atoms with Gasteiger partial charge in [-0.25, -0.2) is 0 Å². The predicted octanol–water partition coefficient (Wildman–Crippen LogP) is 2.15. The molecule has 2 rings (SSSR count). The number of nitrogens with zero attached hydrogens (tertiary/aromatic N) is 2. The fourth-order valence-electron chi connectivity index (χ4n) is 2.83. The van der Waals surface area contributed by atoms with E-state index >= 15 is 0 Å². The molecular weight excluding hydrogens is 292 g/mol. The number of rotatable bonds is 4. The van der Waals surface area contributed by atoms with Crippen molar-refractivity contribution in [2.45, 2.75) is 33.6 Å². The maximum atomic E-state index is 12.3. The lowest BCUT2D eigenvalue weighted by atomic mass is 10.1. The number of amides is 2. The summed E-state index contributed by atoms with van der Waals surface area (Å²) in [5.74, 6) is 0.892. The lowest BCUT2D eigenvalue weighted by Crippen LogP contribution is -2.39. The van der Waals surface area contributed by atoms with Crippen LogP contribution in [0.4, 0.5) is 0 Å². The van der Waals surface area contributed by atoms with Crippen molar-refractivity contribution in [2.24, 2.45) is 0 Å². The number of carbonyl (C=O) groups excluding carboxylic acids is 2. The highest BCUT2D eigenvalue weighted by molar-refractivity contribution is 5.78. The van der Waals surface area contributed by atoms with Crippen LogP contribution in [-0.4, -0.2) is 54.4 Å². The second-order valence-electron chi connectivity index (χ2n) is 6.03. The zero-order chi connectivity index (χ0) is 16.8. The molecule has 0 bridgehead atoms. The van der Waals surface area contributed by atoms with Crippen LogP contribution in [0, 0.1) is 13.8 Å². The highest BCUT2D eigenvalue weighted by Gasteiger charge is 2.21. The summed E-state index contributed by atoms with van der Waals surface area (Å²) in [7, 11) is 0. The predicted molar refractivity (Wildman–Crippen MR) is 89.5 cm³/mol. The fourth-order valence-corrected chi connectivity index (χ4v) is 2.83. The van der Waals surface area contributed by atoms with Gasteiger partial charge in [0, 0.05) is 32.6 Å². The second kappa shape index (κ2) is 7.99. The summed E-state index contributed by atoms with van der Waals surface area (Å²) >= 11 is 0. The molecule has 0 atom stereocenters. The third-order valence-electron chi connectivity index (χ3n) is 4.19. The molecule has 0 aromatic heterocycles. The molecule has 0 unspecified atom stereocenters. The standard InChI is InChI=1S/C18H26N2O3/c1-4-17(21)19-8-5-9-20(11-10-19)18(22)13-23-16-7-6-14(2)12-15(16)3/h6-7,12H,4-5,8-11,13H2,1-3H3. The molecule has 5 nitrogen and oxygen atoms in total. The quantitative estimate of drug-likeness (QED) is 0.855. The van der Waals surface area contributed by atoms with E-state index in [1.165, 1.54) is 5.56 Å². The van der Waals surface area contributed by atoms with Gasteiger partial charge >= 0.3 is 0 Å². The number of hydrogen-bond donors (Lipinski definition) is 0. The van der Waals surface area contributed by atoms with E-state index in [1.807, 2.05) is 43.9 Å². The van der Waals surface area contributed by atoms with Crippen LogP contribution in [0.5, 0.6) is 5.75 Å². The molecule has 1 aliphatic heterocycles. The zero-order valence-electron chi connectivity index (χ0n) is 14.3. The molecule has 5 heteroatoms. The van der Waals surface area contributed by atoms with Gasteiger partial charge in [0.15, 0.2) is 6.61 Å². The first kappa shape index (κ1) is 17.3. The van der Waals surface area contributed by atoms with Crippen molar-refractivity contribution >= 4 is 11.8 Å². The third-order valence-corrected chi connectivity index (χ3v) is 4.19. The molecule has 1 aromatic carbocycles. The maximum absolute atomic E-state index is 12.3. The molecule has 0 aliphatic carbocycles. The van der Waals surface area contributed by atoms with Gasteiger partial charge in [-0.3, -0.25) is 9.59 Å². The minimum absolute atomic E-state index is 0.0178. The fraction of sp³-hybridized carbons (Fsp3) is 0.556. The summed E-state index contributed by atoms with van der Waals surface area (Å²) in [5.41, 5.74) is 2.21. The van der Waals surface area contributed by atoms with E-state index in [4.69, 9.17) is 4.74 Å². The number of hydrogen-bond acceptors (Lipinski definition) is 3. The first-order valence-electron chi connectivity index (χ1n) is 8.27. The van der Waals surface area contributed by atoms with E-state index in [-0.39, 0.29) is 18.4 Å². The maximum Gasteiger partial charge on any atom is 0.260 e. The van der Waals surface area contributed by atoms with Crippen LogP contribution in [0.2, 0.25) is 0 Å². The lowest BCUT2D eigenvalue weighted by Gasteiger charge is -2.22. The minimum atomic E-state index is -0.0178. The van der Waals surface area contributed by atoms with Crippen LogP contribution in [0.15, 0.2) is 18.2 Å². The molecule has 1 aromatic rings. The monoisotopic (exact) mass is 318 g/mol. The van der Waals surface area contributed by atoms with Gasteiger partial charge in [0.25, 0.3) is 5.91 Å². The minimum Gasteiger partial charge on any atom is -0.484 e. The molecule has 1 fully saturated rings. The van der Waals surface area contributed by atoms with Crippen LogP contribution < -0.4 is 4.74 Å². The molecule has 1 heterocycles. The summed E-state index contributed by atoms with van der Waals surface area (Å²) in [6.07, 6.45) is 1.34. The van der Waals surface area contributed by atoms with Gasteiger partial charge in [-0.2, -0.15) is 0 Å². The Morgan fingerprint density at radius 3 is 2.30 bits per heavy atom. The first-order valence-corrected chi connectivity index (χ1v) is 8.27. The average Bonchev–Trinajstić information content (AvgIpc) is 2.79. The molecular formula is C18H26N2O3. The Morgan fingerprint density at radius 2 is 1.70 bits per heavy atom. The van der Waals surface area contributed by atoms with Gasteiger partial charge in [-0.1, -0.05) is 24.6 Å². The second-order valence-corrected chi connectivity index (χ2v) is 6.03. The van der Waals surface area contributed by atoms with Crippen LogP contribution >= 0.6 is 0 Å².